The smallest absolute Gasteiger partial charge is 0.236 e. The number of nitrogens with one attached hydrogen (secondary N) is 1. The van der Waals surface area contributed by atoms with Crippen molar-refractivity contribution in [2.45, 2.75) is 5.75 Å². The van der Waals surface area contributed by atoms with E-state index in [0.717, 1.165) is 25.2 Å². The Balaban J connectivity index is 1.57. The molecule has 0 aliphatic heterocycles. The van der Waals surface area contributed by atoms with Gasteiger partial charge in [0.05, 0.1) is 21.9 Å². The summed E-state index contributed by atoms with van der Waals surface area (Å²) in [6.45, 7) is 0. The highest BCUT2D eigenvalue weighted by molar-refractivity contribution is 7.99. The Morgan fingerprint density at radius 2 is 2.22 bits per heavy atom. The largest absolute Gasteiger partial charge is 0.494 e. The summed E-state index contributed by atoms with van der Waals surface area (Å²) in [7, 11) is 1.61. The number of aromatic nitrogens is 1. The minimum atomic E-state index is -0.0596. The van der Waals surface area contributed by atoms with Gasteiger partial charge in [0, 0.05) is 10.6 Å². The predicted octanol–water partition coefficient (Wildman–Crippen LogP) is 4.89. The van der Waals surface area contributed by atoms with Gasteiger partial charge in [0.25, 0.3) is 0 Å². The molecule has 4 nitrogen and oxygen atoms in total. The Hall–Kier alpha value is -1.28. The molecule has 0 bridgehead atoms. The van der Waals surface area contributed by atoms with Crippen LogP contribution in [0.15, 0.2) is 30.3 Å². The first-order valence-electron chi connectivity index (χ1n) is 6.71. The van der Waals surface area contributed by atoms with Crippen LogP contribution in [0.25, 0.3) is 10.2 Å². The first-order valence-corrected chi connectivity index (χ1v) is 9.87. The number of rotatable bonds is 6. The van der Waals surface area contributed by atoms with Crippen molar-refractivity contribution >= 4 is 67.3 Å². The molecule has 2 heterocycles. The van der Waals surface area contributed by atoms with Crippen LogP contribution in [0.4, 0.5) is 5.13 Å². The number of hydrogen-bond acceptors (Lipinski definition) is 6. The molecular formula is C15H13ClN2O2S3. The zero-order valence-electron chi connectivity index (χ0n) is 12.2. The number of methoxy groups -OCH3 is 1. The Kier molecular flexibility index (Phi) is 5.42. The molecule has 0 fully saturated rings. The normalized spacial score (nSPS) is 10.9. The van der Waals surface area contributed by atoms with Crippen molar-refractivity contribution in [1.82, 2.24) is 4.98 Å². The Morgan fingerprint density at radius 1 is 1.35 bits per heavy atom. The van der Waals surface area contributed by atoms with Crippen molar-refractivity contribution in [3.63, 3.8) is 0 Å². The van der Waals surface area contributed by atoms with Crippen LogP contribution in [0.5, 0.6) is 5.75 Å². The van der Waals surface area contributed by atoms with Gasteiger partial charge < -0.3 is 10.1 Å². The first kappa shape index (κ1) is 16.6. The highest BCUT2D eigenvalue weighted by atomic mass is 35.5. The van der Waals surface area contributed by atoms with Gasteiger partial charge in [-0.1, -0.05) is 29.0 Å². The van der Waals surface area contributed by atoms with Crippen LogP contribution in [0.2, 0.25) is 4.34 Å². The lowest BCUT2D eigenvalue weighted by Crippen LogP contribution is -2.13. The maximum atomic E-state index is 12.0. The van der Waals surface area contributed by atoms with E-state index in [1.54, 1.807) is 18.9 Å². The average Bonchev–Trinajstić information content (AvgIpc) is 3.12. The molecule has 2 aromatic heterocycles. The van der Waals surface area contributed by atoms with Gasteiger partial charge in [0.2, 0.25) is 5.91 Å². The summed E-state index contributed by atoms with van der Waals surface area (Å²) < 4.78 is 7.04. The number of thiophene rings is 1. The van der Waals surface area contributed by atoms with Gasteiger partial charge in [-0.3, -0.25) is 4.79 Å². The van der Waals surface area contributed by atoms with Crippen molar-refractivity contribution in [3.05, 3.63) is 39.5 Å². The number of carbonyl (C=O) groups excluding carboxylic acids is 1. The molecule has 1 amide bonds. The van der Waals surface area contributed by atoms with E-state index < -0.39 is 0 Å². The summed E-state index contributed by atoms with van der Waals surface area (Å²) >= 11 is 10.4. The second-order valence-corrected chi connectivity index (χ2v) is 8.39. The Morgan fingerprint density at radius 3 is 2.96 bits per heavy atom. The lowest BCUT2D eigenvalue weighted by atomic mass is 10.3. The SMILES string of the molecule is COc1cccc2sc(NC(=O)CSCc3ccc(Cl)s3)nc12. The summed E-state index contributed by atoms with van der Waals surface area (Å²) in [5.74, 6) is 1.81. The maximum absolute atomic E-state index is 12.0. The lowest BCUT2D eigenvalue weighted by Gasteiger charge is -2.01. The number of thioether (sulfide) groups is 1. The molecule has 0 saturated heterocycles. The van der Waals surface area contributed by atoms with E-state index in [0.29, 0.717) is 16.6 Å². The summed E-state index contributed by atoms with van der Waals surface area (Å²) in [5, 5.41) is 3.44. The summed E-state index contributed by atoms with van der Waals surface area (Å²) in [6, 6.07) is 9.58. The molecular weight excluding hydrogens is 372 g/mol. The first-order chi connectivity index (χ1) is 11.2. The maximum Gasteiger partial charge on any atom is 0.236 e. The molecule has 120 valence electrons. The van der Waals surface area contributed by atoms with Crippen molar-refractivity contribution < 1.29 is 9.53 Å². The molecule has 1 N–H and O–H groups in total. The van der Waals surface area contributed by atoms with Crippen molar-refractivity contribution in [2.75, 3.05) is 18.2 Å². The number of ether oxygens (including phenoxy) is 1. The van der Waals surface area contributed by atoms with Crippen molar-refractivity contribution in [3.8, 4) is 5.75 Å². The van der Waals surface area contributed by atoms with Gasteiger partial charge >= 0.3 is 0 Å². The number of thiazole rings is 1. The highest BCUT2D eigenvalue weighted by Crippen LogP contribution is 2.32. The number of nitrogens with zero attached hydrogens (tertiary/aromatic N) is 1. The fourth-order valence-corrected chi connectivity index (χ4v) is 4.90. The monoisotopic (exact) mass is 384 g/mol. The Bertz CT molecular complexity index is 831. The number of anilines is 1. The van der Waals surface area contributed by atoms with Crippen LogP contribution in [-0.4, -0.2) is 23.8 Å². The van der Waals surface area contributed by atoms with E-state index >= 15 is 0 Å². The molecule has 3 rings (SSSR count). The fourth-order valence-electron chi connectivity index (χ4n) is 1.97. The molecule has 0 saturated carbocycles. The minimum Gasteiger partial charge on any atom is -0.494 e. The number of halogens is 1. The predicted molar refractivity (Wildman–Crippen MR) is 100 cm³/mol. The molecule has 0 unspecified atom stereocenters. The second-order valence-electron chi connectivity index (χ2n) is 4.57. The van der Waals surface area contributed by atoms with Crippen molar-refractivity contribution in [1.29, 1.82) is 0 Å². The minimum absolute atomic E-state index is 0.0596. The summed E-state index contributed by atoms with van der Waals surface area (Å²) in [5.41, 5.74) is 0.774. The van der Waals surface area contributed by atoms with Crippen LogP contribution in [0.1, 0.15) is 4.88 Å². The average molecular weight is 385 g/mol. The van der Waals surface area contributed by atoms with Gasteiger partial charge in [0.1, 0.15) is 11.3 Å². The quantitative estimate of drug-likeness (QED) is 0.657. The molecule has 8 heteroatoms. The fraction of sp³-hybridized carbons (Fsp3) is 0.200. The zero-order valence-corrected chi connectivity index (χ0v) is 15.4. The van der Waals surface area contributed by atoms with E-state index in [1.807, 2.05) is 30.3 Å². The molecule has 3 aromatic rings. The van der Waals surface area contributed by atoms with E-state index in [2.05, 4.69) is 10.3 Å². The highest BCUT2D eigenvalue weighted by Gasteiger charge is 2.11. The van der Waals surface area contributed by atoms with E-state index in [-0.39, 0.29) is 5.91 Å². The molecule has 23 heavy (non-hydrogen) atoms. The molecule has 0 spiro atoms. The number of hydrogen-bond donors (Lipinski definition) is 1. The third-order valence-corrected chi connectivity index (χ3v) is 6.29. The number of carbonyl (C=O) groups is 1. The van der Waals surface area contributed by atoms with Gasteiger partial charge in [-0.25, -0.2) is 4.98 Å². The summed E-state index contributed by atoms with van der Waals surface area (Å²) in [4.78, 5) is 17.6. The van der Waals surface area contributed by atoms with Crippen LogP contribution in [-0.2, 0) is 10.5 Å². The molecule has 0 radical (unpaired) electrons. The number of para-hydroxylation sites is 1. The number of benzene rings is 1. The van der Waals surface area contributed by atoms with Gasteiger partial charge in [0.15, 0.2) is 5.13 Å². The van der Waals surface area contributed by atoms with E-state index in [1.165, 1.54) is 22.7 Å². The van der Waals surface area contributed by atoms with E-state index in [9.17, 15) is 4.79 Å². The van der Waals surface area contributed by atoms with Crippen LogP contribution in [0.3, 0.4) is 0 Å². The lowest BCUT2D eigenvalue weighted by molar-refractivity contribution is -0.113. The zero-order chi connectivity index (χ0) is 16.2. The third kappa shape index (κ3) is 4.17. The number of fused-ring (bicyclic) bond motifs is 1. The third-order valence-electron chi connectivity index (χ3n) is 2.95. The molecule has 0 atom stereocenters. The topological polar surface area (TPSA) is 51.2 Å². The van der Waals surface area contributed by atoms with Crippen LogP contribution in [0, 0.1) is 0 Å². The van der Waals surface area contributed by atoms with Gasteiger partial charge in [-0.2, -0.15) is 0 Å². The van der Waals surface area contributed by atoms with Gasteiger partial charge in [-0.05, 0) is 24.3 Å². The Labute approximate surface area is 150 Å². The van der Waals surface area contributed by atoms with Crippen LogP contribution >= 0.6 is 46.0 Å². The van der Waals surface area contributed by atoms with E-state index in [4.69, 9.17) is 16.3 Å². The summed E-state index contributed by atoms with van der Waals surface area (Å²) in [6.07, 6.45) is 0. The van der Waals surface area contributed by atoms with Crippen molar-refractivity contribution in [2.24, 2.45) is 0 Å². The van der Waals surface area contributed by atoms with Gasteiger partial charge in [-0.15, -0.1) is 23.1 Å². The van der Waals surface area contributed by atoms with Crippen LogP contribution < -0.4 is 10.1 Å². The molecule has 0 aliphatic carbocycles. The second kappa shape index (κ2) is 7.53. The molecule has 1 aromatic carbocycles. The molecule has 0 aliphatic rings. The standard InChI is InChI=1S/C15H13ClN2O2S3/c1-20-10-3-2-4-11-14(10)18-15(23-11)17-13(19)8-21-7-9-5-6-12(16)22-9/h2-6H,7-8H2,1H3,(H,17,18,19). The number of amides is 1.